The molecule has 1 aliphatic heterocycles. The van der Waals surface area contributed by atoms with Gasteiger partial charge in [-0.25, -0.2) is 9.67 Å². The minimum atomic E-state index is -0.311. The average Bonchev–Trinajstić information content (AvgIpc) is 3.02. The number of likely N-dealkylation sites (tertiary alicyclic amines) is 1. The lowest BCUT2D eigenvalue weighted by Gasteiger charge is -2.28. The van der Waals surface area contributed by atoms with Gasteiger partial charge in [0.05, 0.1) is 21.7 Å². The molecule has 2 aromatic heterocycles. The molecule has 152 valence electrons. The van der Waals surface area contributed by atoms with Crippen LogP contribution in [-0.4, -0.2) is 45.7 Å². The largest absolute Gasteiger partial charge is 0.322 e. The fourth-order valence-corrected chi connectivity index (χ4v) is 4.26. The number of hydrogen-bond donors (Lipinski definition) is 1. The molecule has 0 atom stereocenters. The number of fused-ring (bicyclic) bond motifs is 1. The molecule has 0 aliphatic carbocycles. The highest BCUT2D eigenvalue weighted by Gasteiger charge is 2.22. The number of nitrogens with zero attached hydrogens (tertiary/aromatic N) is 4. The first-order valence-electron chi connectivity index (χ1n) is 9.69. The Morgan fingerprint density at radius 3 is 2.59 bits per heavy atom. The minimum absolute atomic E-state index is 0.311. The van der Waals surface area contributed by atoms with Gasteiger partial charge in [-0.3, -0.25) is 4.79 Å². The standard InChI is InChI=1S/C21H23Cl2N5O/c1-13-18-19(23)17(21(29)25-16-5-3-15(22)4-6-16)11-24-20(18)28(26-13)12-14-7-9-27(2)10-8-14/h3-6,11,14H,7-10,12H2,1-2H3,(H,25,29). The number of pyridine rings is 1. The van der Waals surface area contributed by atoms with Crippen molar-refractivity contribution in [3.63, 3.8) is 0 Å². The van der Waals surface area contributed by atoms with E-state index in [1.54, 1.807) is 24.3 Å². The van der Waals surface area contributed by atoms with Crippen molar-refractivity contribution in [1.82, 2.24) is 19.7 Å². The molecule has 0 spiro atoms. The van der Waals surface area contributed by atoms with Crippen LogP contribution in [0, 0.1) is 12.8 Å². The maximum absolute atomic E-state index is 12.7. The highest BCUT2D eigenvalue weighted by Crippen LogP contribution is 2.30. The number of rotatable bonds is 4. The van der Waals surface area contributed by atoms with Gasteiger partial charge in [0.1, 0.15) is 0 Å². The zero-order chi connectivity index (χ0) is 20.5. The van der Waals surface area contributed by atoms with E-state index in [2.05, 4.69) is 27.3 Å². The van der Waals surface area contributed by atoms with E-state index in [0.29, 0.717) is 27.2 Å². The number of aryl methyl sites for hydroxylation is 1. The fraction of sp³-hybridized carbons (Fsp3) is 0.381. The third-order valence-electron chi connectivity index (χ3n) is 5.49. The predicted octanol–water partition coefficient (Wildman–Crippen LogP) is 4.64. The van der Waals surface area contributed by atoms with E-state index in [-0.39, 0.29) is 5.91 Å². The minimum Gasteiger partial charge on any atom is -0.322 e. The highest BCUT2D eigenvalue weighted by molar-refractivity contribution is 6.39. The molecule has 0 bridgehead atoms. The molecule has 0 unspecified atom stereocenters. The van der Waals surface area contributed by atoms with Gasteiger partial charge in [0.25, 0.3) is 5.91 Å². The number of hydrogen-bond acceptors (Lipinski definition) is 4. The van der Waals surface area contributed by atoms with E-state index < -0.39 is 0 Å². The molecule has 1 saturated heterocycles. The third kappa shape index (κ3) is 4.25. The first-order valence-corrected chi connectivity index (χ1v) is 10.4. The SMILES string of the molecule is Cc1nn(CC2CCN(C)CC2)c2ncc(C(=O)Nc3ccc(Cl)cc3)c(Cl)c12. The normalized spacial score (nSPS) is 15.7. The molecule has 1 amide bonds. The number of anilines is 1. The van der Waals surface area contributed by atoms with Gasteiger partial charge in [0.2, 0.25) is 0 Å². The van der Waals surface area contributed by atoms with E-state index in [9.17, 15) is 4.79 Å². The van der Waals surface area contributed by atoms with Crippen LogP contribution in [0.5, 0.6) is 0 Å². The number of halogens is 2. The lowest BCUT2D eigenvalue weighted by molar-refractivity contribution is 0.102. The Labute approximate surface area is 179 Å². The Morgan fingerprint density at radius 1 is 1.21 bits per heavy atom. The van der Waals surface area contributed by atoms with Crippen LogP contribution in [0.15, 0.2) is 30.5 Å². The molecule has 0 saturated carbocycles. The first kappa shape index (κ1) is 20.1. The van der Waals surface area contributed by atoms with Crippen molar-refractivity contribution in [3.8, 4) is 0 Å². The number of carbonyl (C=O) groups excluding carboxylic acids is 1. The number of piperidine rings is 1. The Bertz CT molecular complexity index is 1040. The van der Waals surface area contributed by atoms with Crippen LogP contribution in [0.4, 0.5) is 5.69 Å². The summed E-state index contributed by atoms with van der Waals surface area (Å²) in [6, 6.07) is 6.92. The van der Waals surface area contributed by atoms with Crippen molar-refractivity contribution in [2.75, 3.05) is 25.5 Å². The molecule has 4 rings (SSSR count). The van der Waals surface area contributed by atoms with E-state index in [1.807, 2.05) is 11.6 Å². The summed E-state index contributed by atoms with van der Waals surface area (Å²) >= 11 is 12.5. The predicted molar refractivity (Wildman–Crippen MR) is 117 cm³/mol. The molecular weight excluding hydrogens is 409 g/mol. The summed E-state index contributed by atoms with van der Waals surface area (Å²) in [7, 11) is 2.15. The second-order valence-corrected chi connectivity index (χ2v) is 8.47. The van der Waals surface area contributed by atoms with Gasteiger partial charge >= 0.3 is 0 Å². The van der Waals surface area contributed by atoms with E-state index in [0.717, 1.165) is 49.2 Å². The summed E-state index contributed by atoms with van der Waals surface area (Å²) in [6.45, 7) is 4.93. The van der Waals surface area contributed by atoms with Gasteiger partial charge in [-0.15, -0.1) is 0 Å². The van der Waals surface area contributed by atoms with Gasteiger partial charge in [-0.1, -0.05) is 23.2 Å². The number of aromatic nitrogens is 3. The summed E-state index contributed by atoms with van der Waals surface area (Å²) in [6.07, 6.45) is 3.82. The summed E-state index contributed by atoms with van der Waals surface area (Å²) < 4.78 is 1.94. The Kier molecular flexibility index (Phi) is 5.76. The van der Waals surface area contributed by atoms with Crippen molar-refractivity contribution >= 4 is 45.8 Å². The molecule has 1 fully saturated rings. The van der Waals surface area contributed by atoms with Gasteiger partial charge < -0.3 is 10.2 Å². The van der Waals surface area contributed by atoms with E-state index in [1.165, 1.54) is 6.20 Å². The molecule has 1 aromatic carbocycles. The van der Waals surface area contributed by atoms with Crippen LogP contribution in [-0.2, 0) is 6.54 Å². The second kappa shape index (κ2) is 8.30. The van der Waals surface area contributed by atoms with Gasteiger partial charge in [0.15, 0.2) is 5.65 Å². The number of benzene rings is 1. The molecule has 3 aromatic rings. The summed E-state index contributed by atoms with van der Waals surface area (Å²) in [5.74, 6) is 0.261. The molecule has 29 heavy (non-hydrogen) atoms. The fourth-order valence-electron chi connectivity index (χ4n) is 3.78. The lowest BCUT2D eigenvalue weighted by Crippen LogP contribution is -2.32. The van der Waals surface area contributed by atoms with Crippen molar-refractivity contribution in [3.05, 3.63) is 51.8 Å². The van der Waals surface area contributed by atoms with Gasteiger partial charge in [0, 0.05) is 23.5 Å². The van der Waals surface area contributed by atoms with Crippen LogP contribution < -0.4 is 5.32 Å². The summed E-state index contributed by atoms with van der Waals surface area (Å²) in [4.78, 5) is 19.6. The number of carbonyl (C=O) groups is 1. The monoisotopic (exact) mass is 431 g/mol. The molecule has 8 heteroatoms. The first-order chi connectivity index (χ1) is 13.9. The Balaban J connectivity index is 1.59. The zero-order valence-corrected chi connectivity index (χ0v) is 18.0. The van der Waals surface area contributed by atoms with E-state index in [4.69, 9.17) is 23.2 Å². The quantitative estimate of drug-likeness (QED) is 0.653. The summed E-state index contributed by atoms with van der Waals surface area (Å²) in [5.41, 5.74) is 2.49. The summed E-state index contributed by atoms with van der Waals surface area (Å²) in [5, 5.41) is 9.23. The van der Waals surface area contributed by atoms with Crippen molar-refractivity contribution in [1.29, 1.82) is 0 Å². The molecule has 3 heterocycles. The second-order valence-electron chi connectivity index (χ2n) is 7.66. The van der Waals surface area contributed by atoms with Crippen LogP contribution in [0.2, 0.25) is 10.0 Å². The molecule has 1 N–H and O–H groups in total. The maximum Gasteiger partial charge on any atom is 0.258 e. The Hall–Kier alpha value is -2.15. The van der Waals surface area contributed by atoms with Crippen molar-refractivity contribution in [2.45, 2.75) is 26.3 Å². The lowest BCUT2D eigenvalue weighted by atomic mass is 9.97. The van der Waals surface area contributed by atoms with Gasteiger partial charge in [-0.05, 0) is 70.1 Å². The Morgan fingerprint density at radius 2 is 1.90 bits per heavy atom. The van der Waals surface area contributed by atoms with Crippen LogP contribution in [0.3, 0.4) is 0 Å². The third-order valence-corrected chi connectivity index (χ3v) is 6.13. The average molecular weight is 432 g/mol. The van der Waals surface area contributed by atoms with Crippen molar-refractivity contribution in [2.24, 2.45) is 5.92 Å². The zero-order valence-electron chi connectivity index (χ0n) is 16.5. The van der Waals surface area contributed by atoms with Crippen LogP contribution >= 0.6 is 23.2 Å². The van der Waals surface area contributed by atoms with Crippen LogP contribution in [0.1, 0.15) is 28.9 Å². The number of nitrogens with one attached hydrogen (secondary N) is 1. The number of amides is 1. The maximum atomic E-state index is 12.7. The highest BCUT2D eigenvalue weighted by atomic mass is 35.5. The van der Waals surface area contributed by atoms with Gasteiger partial charge in [-0.2, -0.15) is 5.10 Å². The van der Waals surface area contributed by atoms with Crippen molar-refractivity contribution < 1.29 is 4.79 Å². The molecule has 0 radical (unpaired) electrons. The smallest absolute Gasteiger partial charge is 0.258 e. The van der Waals surface area contributed by atoms with E-state index >= 15 is 0 Å². The molecule has 6 nitrogen and oxygen atoms in total. The molecular formula is C21H23Cl2N5O. The topological polar surface area (TPSA) is 63.1 Å². The molecule has 1 aliphatic rings. The van der Waals surface area contributed by atoms with Crippen LogP contribution in [0.25, 0.3) is 11.0 Å².